The molecule has 0 radical (unpaired) electrons. The topological polar surface area (TPSA) is 81.5 Å². The summed E-state index contributed by atoms with van der Waals surface area (Å²) in [5.74, 6) is 2.15. The van der Waals surface area contributed by atoms with E-state index in [0.717, 1.165) is 11.3 Å². The zero-order valence-electron chi connectivity index (χ0n) is 21.4. The van der Waals surface area contributed by atoms with Crippen molar-refractivity contribution in [3.63, 3.8) is 0 Å². The van der Waals surface area contributed by atoms with Gasteiger partial charge in [0.2, 0.25) is 12.7 Å². The molecule has 0 spiro atoms. The van der Waals surface area contributed by atoms with E-state index in [1.54, 1.807) is 17.0 Å². The predicted octanol–water partition coefficient (Wildman–Crippen LogP) is 5.72. The lowest BCUT2D eigenvalue weighted by molar-refractivity contribution is -0.133. The van der Waals surface area contributed by atoms with Crippen LogP contribution in [0.2, 0.25) is 10.0 Å². The van der Waals surface area contributed by atoms with E-state index in [-0.39, 0.29) is 36.7 Å². The average molecular weight is 561 g/mol. The van der Waals surface area contributed by atoms with Crippen molar-refractivity contribution in [2.24, 2.45) is 0 Å². The molecule has 3 aromatic rings. The summed E-state index contributed by atoms with van der Waals surface area (Å²) in [6.45, 7) is 5.72. The van der Waals surface area contributed by atoms with Crippen molar-refractivity contribution in [2.45, 2.75) is 33.4 Å². The van der Waals surface area contributed by atoms with Crippen molar-refractivity contribution in [3.8, 4) is 11.5 Å². The molecule has 0 saturated carbocycles. The van der Waals surface area contributed by atoms with E-state index in [1.165, 1.54) is 11.0 Å². The van der Waals surface area contributed by atoms with Gasteiger partial charge in [-0.05, 0) is 68.3 Å². The number of carbonyl (C=O) groups is 2. The molecule has 0 atom stereocenters. The van der Waals surface area contributed by atoms with Gasteiger partial charge in [-0.15, -0.1) is 0 Å². The SMILES string of the molecule is CCOCCCN(CC(=O)N(Cc1ccc2c(c1)OCO2)Cc1ccc(C)o1)C(=O)c1ccc(Cl)c(Cl)c1. The number of aryl methyl sites for hydroxylation is 1. The van der Waals surface area contributed by atoms with Crippen LogP contribution in [-0.2, 0) is 22.6 Å². The van der Waals surface area contributed by atoms with E-state index in [1.807, 2.05) is 44.2 Å². The highest BCUT2D eigenvalue weighted by Crippen LogP contribution is 2.33. The number of fused-ring (bicyclic) bond motifs is 1. The van der Waals surface area contributed by atoms with E-state index >= 15 is 0 Å². The molecule has 8 nitrogen and oxygen atoms in total. The molecule has 10 heteroatoms. The maximum atomic E-state index is 13.7. The van der Waals surface area contributed by atoms with E-state index in [0.29, 0.717) is 60.6 Å². The molecule has 1 aromatic heterocycles. The molecule has 0 N–H and O–H groups in total. The number of furan rings is 1. The lowest BCUT2D eigenvalue weighted by Gasteiger charge is -2.28. The van der Waals surface area contributed by atoms with Crippen molar-refractivity contribution in [1.29, 1.82) is 0 Å². The Labute approximate surface area is 232 Å². The smallest absolute Gasteiger partial charge is 0.254 e. The second-order valence-corrected chi connectivity index (χ2v) is 9.67. The van der Waals surface area contributed by atoms with Gasteiger partial charge >= 0.3 is 0 Å². The number of carbonyl (C=O) groups excluding carboxylic acids is 2. The van der Waals surface area contributed by atoms with Crippen LogP contribution in [0.15, 0.2) is 52.9 Å². The molecule has 0 bridgehead atoms. The lowest BCUT2D eigenvalue weighted by Crippen LogP contribution is -2.43. The first-order valence-electron chi connectivity index (χ1n) is 12.4. The van der Waals surface area contributed by atoms with E-state index < -0.39 is 0 Å². The molecular weight excluding hydrogens is 531 g/mol. The van der Waals surface area contributed by atoms with Crippen molar-refractivity contribution < 1.29 is 28.2 Å². The van der Waals surface area contributed by atoms with E-state index in [4.69, 9.17) is 41.8 Å². The number of ether oxygens (including phenoxy) is 3. The Balaban J connectivity index is 1.55. The van der Waals surface area contributed by atoms with Crippen LogP contribution in [0.4, 0.5) is 0 Å². The van der Waals surface area contributed by atoms with Crippen molar-refractivity contribution in [3.05, 3.63) is 81.2 Å². The van der Waals surface area contributed by atoms with Crippen molar-refractivity contribution in [2.75, 3.05) is 33.1 Å². The minimum absolute atomic E-state index is 0.130. The summed E-state index contributed by atoms with van der Waals surface area (Å²) < 4.78 is 22.1. The monoisotopic (exact) mass is 560 g/mol. The number of nitrogens with zero attached hydrogens (tertiary/aromatic N) is 2. The highest BCUT2D eigenvalue weighted by Gasteiger charge is 2.24. The molecule has 0 unspecified atom stereocenters. The summed E-state index contributed by atoms with van der Waals surface area (Å²) in [7, 11) is 0. The van der Waals surface area contributed by atoms with E-state index in [2.05, 4.69) is 0 Å². The molecule has 2 heterocycles. The Hall–Kier alpha value is -3.20. The maximum Gasteiger partial charge on any atom is 0.254 e. The van der Waals surface area contributed by atoms with Crippen LogP contribution in [0.3, 0.4) is 0 Å². The maximum absolute atomic E-state index is 13.7. The van der Waals surface area contributed by atoms with Gasteiger partial charge in [0, 0.05) is 31.9 Å². The lowest BCUT2D eigenvalue weighted by atomic mass is 10.1. The van der Waals surface area contributed by atoms with Gasteiger partial charge in [-0.2, -0.15) is 0 Å². The number of rotatable bonds is 12. The second-order valence-electron chi connectivity index (χ2n) is 8.86. The molecule has 0 fully saturated rings. The standard InChI is InChI=1S/C28H30Cl2N2O6/c1-3-35-12-4-11-31(28(34)21-7-9-23(29)24(30)14-21)17-27(33)32(16-22-8-5-19(2)38-22)15-20-6-10-25-26(13-20)37-18-36-25/h5-10,13-14H,3-4,11-12,15-18H2,1-2H3. The van der Waals surface area contributed by atoms with Crippen molar-refractivity contribution in [1.82, 2.24) is 9.80 Å². The van der Waals surface area contributed by atoms with Crippen LogP contribution in [0.1, 0.15) is 40.8 Å². The molecule has 4 rings (SSSR count). The van der Waals surface area contributed by atoms with Gasteiger partial charge in [-0.3, -0.25) is 9.59 Å². The Morgan fingerprint density at radius 1 is 0.947 bits per heavy atom. The van der Waals surface area contributed by atoms with Gasteiger partial charge in [0.15, 0.2) is 11.5 Å². The zero-order valence-corrected chi connectivity index (χ0v) is 22.9. The summed E-state index contributed by atoms with van der Waals surface area (Å²) in [5, 5.41) is 0.626. The number of amides is 2. The molecule has 1 aliphatic heterocycles. The first-order valence-corrected chi connectivity index (χ1v) is 13.1. The molecule has 0 saturated heterocycles. The number of benzene rings is 2. The number of hydrogen-bond donors (Lipinski definition) is 0. The summed E-state index contributed by atoms with van der Waals surface area (Å²) in [5.41, 5.74) is 1.22. The van der Waals surface area contributed by atoms with Crippen LogP contribution in [-0.4, -0.2) is 54.7 Å². The van der Waals surface area contributed by atoms with Gasteiger partial charge in [0.1, 0.15) is 18.1 Å². The van der Waals surface area contributed by atoms with Gasteiger partial charge in [0.05, 0.1) is 16.6 Å². The quantitative estimate of drug-likeness (QED) is 0.263. The second kappa shape index (κ2) is 13.0. The summed E-state index contributed by atoms with van der Waals surface area (Å²) >= 11 is 12.2. The minimum atomic E-state index is -0.315. The Kier molecular flexibility index (Phi) is 9.55. The van der Waals surface area contributed by atoms with Crippen LogP contribution >= 0.6 is 23.2 Å². The van der Waals surface area contributed by atoms with Crippen LogP contribution in [0, 0.1) is 6.92 Å². The fourth-order valence-corrected chi connectivity index (χ4v) is 4.38. The molecule has 2 aromatic carbocycles. The number of hydrogen-bond acceptors (Lipinski definition) is 6. The average Bonchev–Trinajstić information content (AvgIpc) is 3.54. The third-order valence-electron chi connectivity index (χ3n) is 6.01. The molecule has 0 aliphatic carbocycles. The number of halogens is 2. The minimum Gasteiger partial charge on any atom is -0.464 e. The van der Waals surface area contributed by atoms with Crippen molar-refractivity contribution >= 4 is 35.0 Å². The highest BCUT2D eigenvalue weighted by atomic mass is 35.5. The summed E-state index contributed by atoms with van der Waals surface area (Å²) in [6.07, 6.45) is 0.577. The zero-order chi connectivity index (χ0) is 27.1. The fourth-order valence-electron chi connectivity index (χ4n) is 4.08. The largest absolute Gasteiger partial charge is 0.464 e. The third kappa shape index (κ3) is 7.22. The van der Waals surface area contributed by atoms with Gasteiger partial charge < -0.3 is 28.4 Å². The van der Waals surface area contributed by atoms with E-state index in [9.17, 15) is 9.59 Å². The van der Waals surface area contributed by atoms with Crippen LogP contribution in [0.25, 0.3) is 0 Å². The first-order chi connectivity index (χ1) is 18.3. The molecular formula is C28H30Cl2N2O6. The first kappa shape index (κ1) is 27.8. The highest BCUT2D eigenvalue weighted by molar-refractivity contribution is 6.42. The molecule has 1 aliphatic rings. The third-order valence-corrected chi connectivity index (χ3v) is 6.75. The predicted molar refractivity (Wildman–Crippen MR) is 144 cm³/mol. The van der Waals surface area contributed by atoms with Gasteiger partial charge in [0.25, 0.3) is 5.91 Å². The van der Waals surface area contributed by atoms with Crippen LogP contribution < -0.4 is 9.47 Å². The molecule has 38 heavy (non-hydrogen) atoms. The fraction of sp³-hybridized carbons (Fsp3) is 0.357. The summed E-state index contributed by atoms with van der Waals surface area (Å²) in [4.78, 5) is 30.3. The van der Waals surface area contributed by atoms with Crippen LogP contribution in [0.5, 0.6) is 11.5 Å². The normalized spacial score (nSPS) is 12.0. The Bertz CT molecular complexity index is 1280. The molecule has 2 amide bonds. The Morgan fingerprint density at radius 3 is 2.50 bits per heavy atom. The summed E-state index contributed by atoms with van der Waals surface area (Å²) in [6, 6.07) is 14.0. The Morgan fingerprint density at radius 2 is 1.76 bits per heavy atom. The van der Waals surface area contributed by atoms with Gasteiger partial charge in [-0.25, -0.2) is 0 Å². The van der Waals surface area contributed by atoms with Gasteiger partial charge in [-0.1, -0.05) is 29.3 Å². The molecule has 202 valence electrons.